The molecule has 1 amide bonds. The van der Waals surface area contributed by atoms with Gasteiger partial charge >= 0.3 is 5.97 Å². The maximum absolute atomic E-state index is 11.0. The summed E-state index contributed by atoms with van der Waals surface area (Å²) in [6.45, 7) is 0.396. The van der Waals surface area contributed by atoms with E-state index in [-0.39, 0.29) is 41.7 Å². The highest BCUT2D eigenvalue weighted by Gasteiger charge is 2.24. The lowest BCUT2D eigenvalue weighted by molar-refractivity contribution is -0.385. The van der Waals surface area contributed by atoms with Gasteiger partial charge in [0.15, 0.2) is 42.9 Å². The van der Waals surface area contributed by atoms with Crippen LogP contribution in [0.3, 0.4) is 0 Å². The van der Waals surface area contributed by atoms with Crippen LogP contribution in [0.25, 0.3) is 0 Å². The summed E-state index contributed by atoms with van der Waals surface area (Å²) >= 11 is 0. The molecular formula is C20H20BN3O12. The van der Waals surface area contributed by atoms with Crippen LogP contribution in [0.4, 0.5) is 16.2 Å². The van der Waals surface area contributed by atoms with E-state index in [1.807, 2.05) is 0 Å². The summed E-state index contributed by atoms with van der Waals surface area (Å²) in [5.41, 5.74) is -1.67. The van der Waals surface area contributed by atoms with Crippen LogP contribution >= 0.6 is 0 Å². The van der Waals surface area contributed by atoms with E-state index < -0.39 is 38.6 Å². The van der Waals surface area contributed by atoms with Crippen molar-refractivity contribution in [1.29, 1.82) is 0 Å². The number of nitrogens with zero attached hydrogens (tertiary/aromatic N) is 2. The summed E-state index contributed by atoms with van der Waals surface area (Å²) in [5, 5.41) is 41.9. The third-order valence-electron chi connectivity index (χ3n) is 4.24. The summed E-state index contributed by atoms with van der Waals surface area (Å²) in [4.78, 5) is 51.7. The molecule has 0 atom stereocenters. The number of methoxy groups -OCH3 is 2. The Hall–Kier alpha value is -4.89. The fourth-order valence-corrected chi connectivity index (χ4v) is 2.60. The van der Waals surface area contributed by atoms with Crippen molar-refractivity contribution in [1.82, 2.24) is 5.32 Å². The van der Waals surface area contributed by atoms with Gasteiger partial charge in [-0.05, 0) is 6.42 Å². The first-order valence-electron chi connectivity index (χ1n) is 9.73. The Morgan fingerprint density at radius 2 is 1.64 bits per heavy atom. The number of carbonyl (C=O) groups excluding carboxylic acids is 2. The number of amides is 1. The molecule has 190 valence electrons. The second-order valence-electron chi connectivity index (χ2n) is 6.53. The molecule has 0 fully saturated rings. The molecular weight excluding hydrogens is 485 g/mol. The lowest BCUT2D eigenvalue weighted by Gasteiger charge is -2.11. The number of hydrogen-bond acceptors (Lipinski definition) is 11. The van der Waals surface area contributed by atoms with Crippen LogP contribution in [-0.4, -0.2) is 73.3 Å². The monoisotopic (exact) mass is 505 g/mol. The van der Waals surface area contributed by atoms with E-state index in [4.69, 9.17) is 27.2 Å². The number of benzene rings is 2. The number of carbonyl (C=O) groups is 3. The van der Waals surface area contributed by atoms with Crippen molar-refractivity contribution < 1.29 is 48.7 Å². The summed E-state index contributed by atoms with van der Waals surface area (Å²) in [6.07, 6.45) is 0.737. The molecule has 3 N–H and O–H groups in total. The van der Waals surface area contributed by atoms with Gasteiger partial charge in [-0.1, -0.05) is 0 Å². The Bertz CT molecular complexity index is 1160. The van der Waals surface area contributed by atoms with Crippen LogP contribution < -0.4 is 19.5 Å². The lowest BCUT2D eigenvalue weighted by Crippen LogP contribution is -2.23. The predicted molar refractivity (Wildman–Crippen MR) is 123 cm³/mol. The number of rotatable bonds is 11. The molecule has 0 aromatic heterocycles. The third-order valence-corrected chi connectivity index (χ3v) is 4.24. The lowest BCUT2D eigenvalue weighted by atomic mass is 10.1. The highest BCUT2D eigenvalue weighted by atomic mass is 16.6. The normalized spacial score (nSPS) is 9.72. The fourth-order valence-electron chi connectivity index (χ4n) is 2.60. The molecule has 2 rings (SSSR count). The number of hydrogen-bond donors (Lipinski definition) is 3. The quantitative estimate of drug-likeness (QED) is 0.131. The highest BCUT2D eigenvalue weighted by Crippen LogP contribution is 2.35. The van der Waals surface area contributed by atoms with Gasteiger partial charge in [0.1, 0.15) is 5.56 Å². The van der Waals surface area contributed by atoms with Gasteiger partial charge in [-0.3, -0.25) is 29.8 Å². The minimum atomic E-state index is -1.44. The van der Waals surface area contributed by atoms with Gasteiger partial charge in [0.25, 0.3) is 11.4 Å². The number of aromatic hydroxyl groups is 1. The van der Waals surface area contributed by atoms with E-state index in [1.54, 1.807) is 0 Å². The number of nitro benzene ring substituents is 2. The number of nitrogens with one attached hydrogen (secondary N) is 1. The first-order chi connectivity index (χ1) is 17.0. The van der Waals surface area contributed by atoms with Crippen molar-refractivity contribution in [2.24, 2.45) is 0 Å². The molecule has 0 bridgehead atoms. The van der Waals surface area contributed by atoms with E-state index >= 15 is 0 Å². The number of phenols is 1. The summed E-state index contributed by atoms with van der Waals surface area (Å²) in [6, 6.07) is 4.00. The molecule has 0 unspecified atom stereocenters. The van der Waals surface area contributed by atoms with Crippen molar-refractivity contribution in [2.75, 3.05) is 27.4 Å². The van der Waals surface area contributed by atoms with E-state index in [0.717, 1.165) is 24.3 Å². The molecule has 36 heavy (non-hydrogen) atoms. The molecule has 0 saturated heterocycles. The standard InChI is InChI=1S/C12H13BN2O7.C8H7NO5/c1-21-9-5-7(11(16)17)8(15(19)20)6-10(9)22-4-2-3-14-12(13)18;1-14-8-2-5(4-10)6(9(12)13)3-7(8)11/h5-6H,2-4H2,1H3,(H,14,18)(H,16,17);2-4,11H,1H3. The molecule has 16 heteroatoms. The number of aromatic carboxylic acids is 1. The fraction of sp³-hybridized carbons (Fsp3) is 0.250. The zero-order chi connectivity index (χ0) is 27.4. The van der Waals surface area contributed by atoms with Crippen LogP contribution in [0.15, 0.2) is 24.3 Å². The first-order valence-corrected chi connectivity index (χ1v) is 9.73. The average molecular weight is 505 g/mol. The average Bonchev–Trinajstić information content (AvgIpc) is 2.83. The maximum atomic E-state index is 11.0. The number of carboxylic acid groups (broad SMARTS) is 1. The van der Waals surface area contributed by atoms with Gasteiger partial charge in [0.2, 0.25) is 0 Å². The van der Waals surface area contributed by atoms with Crippen molar-refractivity contribution >= 4 is 37.3 Å². The van der Waals surface area contributed by atoms with Crippen LogP contribution in [0, 0.1) is 20.2 Å². The molecule has 2 aromatic carbocycles. The Morgan fingerprint density at radius 3 is 2.11 bits per heavy atom. The van der Waals surface area contributed by atoms with Gasteiger partial charge < -0.3 is 29.7 Å². The highest BCUT2D eigenvalue weighted by molar-refractivity contribution is 6.57. The van der Waals surface area contributed by atoms with Gasteiger partial charge in [-0.2, -0.15) is 0 Å². The number of phenolic OH excluding ortho intramolecular Hbond substituents is 1. The molecule has 0 aliphatic carbocycles. The van der Waals surface area contributed by atoms with Gasteiger partial charge in [0.05, 0.1) is 48.4 Å². The number of nitro groups is 2. The second-order valence-corrected chi connectivity index (χ2v) is 6.53. The minimum absolute atomic E-state index is 0.0256. The zero-order valence-electron chi connectivity index (χ0n) is 19.0. The van der Waals surface area contributed by atoms with Gasteiger partial charge in [-0.25, -0.2) is 4.79 Å². The minimum Gasteiger partial charge on any atom is -0.504 e. The predicted octanol–water partition coefficient (Wildman–Crippen LogP) is 2.07. The molecule has 2 radical (unpaired) electrons. The van der Waals surface area contributed by atoms with Crippen molar-refractivity contribution in [2.45, 2.75) is 6.42 Å². The molecule has 0 aliphatic rings. The van der Waals surface area contributed by atoms with Crippen LogP contribution in [0.1, 0.15) is 27.1 Å². The van der Waals surface area contributed by atoms with Crippen LogP contribution in [-0.2, 0) is 0 Å². The van der Waals surface area contributed by atoms with Gasteiger partial charge in [0, 0.05) is 18.7 Å². The third kappa shape index (κ3) is 8.16. The maximum Gasteiger partial charge on any atom is 0.342 e. The molecule has 0 aliphatic heterocycles. The Morgan fingerprint density at radius 1 is 1.03 bits per heavy atom. The molecule has 15 nitrogen and oxygen atoms in total. The van der Waals surface area contributed by atoms with E-state index in [0.29, 0.717) is 12.7 Å². The largest absolute Gasteiger partial charge is 0.504 e. The number of aldehydes is 1. The van der Waals surface area contributed by atoms with Gasteiger partial charge in [-0.15, -0.1) is 0 Å². The summed E-state index contributed by atoms with van der Waals surface area (Å²) in [5.74, 6) is -2.35. The second kappa shape index (κ2) is 13.7. The number of carboxylic acids is 1. The zero-order valence-corrected chi connectivity index (χ0v) is 19.0. The van der Waals surface area contributed by atoms with Crippen LogP contribution in [0.2, 0.25) is 0 Å². The Balaban J connectivity index is 0.000000397. The van der Waals surface area contributed by atoms with Crippen molar-refractivity contribution in [3.63, 3.8) is 0 Å². The molecule has 0 heterocycles. The Labute approximate surface area is 204 Å². The smallest absolute Gasteiger partial charge is 0.342 e. The number of ether oxygens (including phenoxy) is 3. The van der Waals surface area contributed by atoms with Crippen LogP contribution in [0.5, 0.6) is 23.0 Å². The van der Waals surface area contributed by atoms with Crippen molar-refractivity contribution in [3.05, 3.63) is 55.6 Å². The van der Waals surface area contributed by atoms with E-state index in [1.165, 1.54) is 14.2 Å². The van der Waals surface area contributed by atoms with E-state index in [9.17, 15) is 39.7 Å². The SMILES string of the molecule is COc1cc(C=O)c([N+](=O)[O-])cc1O.[B]C(=O)NCCCOc1cc([N+](=O)[O-])c(C(=O)O)cc1OC. The first kappa shape index (κ1) is 29.1. The summed E-state index contributed by atoms with van der Waals surface area (Å²) in [7, 11) is 7.46. The molecule has 0 saturated carbocycles. The van der Waals surface area contributed by atoms with E-state index in [2.05, 4.69) is 5.32 Å². The topological polar surface area (TPSA) is 218 Å². The molecule has 0 spiro atoms. The summed E-state index contributed by atoms with van der Waals surface area (Å²) < 4.78 is 15.0. The van der Waals surface area contributed by atoms with Crippen molar-refractivity contribution in [3.8, 4) is 23.0 Å². The molecule has 2 aromatic rings. The Kier molecular flexibility index (Phi) is 11.1.